The Bertz CT molecular complexity index is 899. The van der Waals surface area contributed by atoms with Crippen LogP contribution in [0.1, 0.15) is 0 Å². The van der Waals surface area contributed by atoms with Crippen molar-refractivity contribution in [3.05, 3.63) is 52.7 Å². The Morgan fingerprint density at radius 1 is 1.05 bits per heavy atom. The molecule has 1 aromatic heterocycles. The second-order valence-corrected chi connectivity index (χ2v) is 7.78. The zero-order chi connectivity index (χ0) is 15.7. The predicted octanol–water partition coefficient (Wildman–Crippen LogP) is 2.65. The summed E-state index contributed by atoms with van der Waals surface area (Å²) in [7, 11) is 3.22. The number of phenolic OH excluding ortho intramolecular Hbond substituents is 1. The first kappa shape index (κ1) is 15.0. The quantitative estimate of drug-likeness (QED) is 0.676. The van der Waals surface area contributed by atoms with Gasteiger partial charge in [-0.15, -0.1) is 0 Å². The third kappa shape index (κ3) is 2.58. The topological polar surface area (TPSA) is 55.8 Å². The molecule has 0 spiro atoms. The van der Waals surface area contributed by atoms with Crippen molar-refractivity contribution >= 4 is 29.2 Å². The molecule has 0 aliphatic rings. The van der Waals surface area contributed by atoms with E-state index in [1.807, 2.05) is 24.3 Å². The normalized spacial score (nSPS) is 10.6. The second-order valence-electron chi connectivity index (χ2n) is 4.69. The average molecular weight is 410 g/mol. The molecule has 0 unspecified atom stereocenters. The van der Waals surface area contributed by atoms with Crippen LogP contribution in [0, 0.1) is 0 Å². The van der Waals surface area contributed by atoms with Crippen LogP contribution in [-0.4, -0.2) is 39.8 Å². The minimum absolute atomic E-state index is 0.0560. The monoisotopic (exact) mass is 412 g/mol. The van der Waals surface area contributed by atoms with Crippen molar-refractivity contribution in [3.8, 4) is 26.4 Å². The van der Waals surface area contributed by atoms with Gasteiger partial charge in [-0.2, -0.15) is 0 Å². The molecule has 0 atom stereocenters. The van der Waals surface area contributed by atoms with Crippen LogP contribution in [0.25, 0.3) is 17.9 Å². The summed E-state index contributed by atoms with van der Waals surface area (Å²) in [6, 6.07) is 12.4. The summed E-state index contributed by atoms with van der Waals surface area (Å²) in [4.78, 5) is 12.4. The van der Waals surface area contributed by atoms with Crippen LogP contribution in [-0.2, 0) is 0 Å². The zero-order valence-corrected chi connectivity index (χ0v) is 14.5. The van der Waals surface area contributed by atoms with E-state index in [0.29, 0.717) is 11.1 Å². The molecule has 4 nitrogen and oxygen atoms in total. The molecule has 0 fully saturated rings. The molecule has 0 saturated carbocycles. The Kier molecular flexibility index (Phi) is 4.10. The molecule has 0 bridgehead atoms. The molecule has 3 rings (SSSR count). The van der Waals surface area contributed by atoms with Crippen LogP contribution in [0.15, 0.2) is 47.3 Å². The number of fused-ring (bicyclic) bond motifs is 1. The van der Waals surface area contributed by atoms with E-state index in [1.54, 1.807) is 32.4 Å². The second kappa shape index (κ2) is 6.04. The fraction of sp³-hybridized carbons (Fsp3) is 0.118. The summed E-state index contributed by atoms with van der Waals surface area (Å²) in [5.74, 6) is 1.49. The van der Waals surface area contributed by atoms with Gasteiger partial charge in [-0.1, -0.05) is 0 Å². The van der Waals surface area contributed by atoms with Crippen LogP contribution < -0.4 is 14.9 Å². The van der Waals surface area contributed by atoms with Gasteiger partial charge in [0.05, 0.1) is 0 Å². The predicted molar refractivity (Wildman–Crippen MR) is 87.4 cm³/mol. The van der Waals surface area contributed by atoms with Crippen LogP contribution in [0.5, 0.6) is 17.2 Å². The standard InChI is InChI=1S/C17H14O4Te/c1-20-10-6-7-14(21-2)11(8-10)16-9-13(19)17-12(18)4-3-5-15(17)22-16/h3-9,18H,1-2H3. The molecule has 0 amide bonds. The van der Waals surface area contributed by atoms with Crippen molar-refractivity contribution in [2.24, 2.45) is 0 Å². The first-order valence-corrected chi connectivity index (χ1v) is 8.95. The number of rotatable bonds is 3. The van der Waals surface area contributed by atoms with Crippen molar-refractivity contribution in [2.45, 2.75) is 0 Å². The molecular formula is C17H14O4Te. The van der Waals surface area contributed by atoms with Gasteiger partial charge in [0.2, 0.25) is 0 Å². The van der Waals surface area contributed by atoms with E-state index < -0.39 is 20.4 Å². The Balaban J connectivity index is 2.29. The fourth-order valence-corrected chi connectivity index (χ4v) is 5.55. The van der Waals surface area contributed by atoms with Crippen LogP contribution >= 0.6 is 0 Å². The number of ether oxygens (including phenoxy) is 2. The molecular weight excluding hydrogens is 396 g/mol. The zero-order valence-electron chi connectivity index (χ0n) is 12.1. The third-order valence-corrected chi connectivity index (χ3v) is 6.60. The van der Waals surface area contributed by atoms with Crippen molar-refractivity contribution in [1.29, 1.82) is 0 Å². The molecule has 0 aliphatic heterocycles. The Labute approximate surface area is 137 Å². The van der Waals surface area contributed by atoms with Gasteiger partial charge in [0.25, 0.3) is 0 Å². The average Bonchev–Trinajstić information content (AvgIpc) is 2.53. The molecule has 0 aliphatic carbocycles. The maximum atomic E-state index is 12.4. The molecule has 2 aromatic carbocycles. The number of hydrogen-bond acceptors (Lipinski definition) is 4. The first-order chi connectivity index (χ1) is 10.6. The van der Waals surface area contributed by atoms with E-state index in [4.69, 9.17) is 9.47 Å². The summed E-state index contributed by atoms with van der Waals surface area (Å²) in [6.07, 6.45) is 0. The van der Waals surface area contributed by atoms with Gasteiger partial charge in [-0.3, -0.25) is 0 Å². The van der Waals surface area contributed by atoms with Gasteiger partial charge in [0.15, 0.2) is 0 Å². The van der Waals surface area contributed by atoms with Crippen molar-refractivity contribution in [3.63, 3.8) is 0 Å². The van der Waals surface area contributed by atoms with Crippen molar-refractivity contribution < 1.29 is 14.6 Å². The number of phenols is 1. The van der Waals surface area contributed by atoms with Gasteiger partial charge < -0.3 is 0 Å². The summed E-state index contributed by atoms with van der Waals surface area (Å²) in [5.41, 5.74) is 0.718. The molecule has 0 radical (unpaired) electrons. The molecule has 1 heterocycles. The summed E-state index contributed by atoms with van der Waals surface area (Å²) in [5, 5.41) is 10.3. The molecule has 22 heavy (non-hydrogen) atoms. The summed E-state index contributed by atoms with van der Waals surface area (Å²) in [6.45, 7) is 0. The Hall–Kier alpha value is -1.96. The Morgan fingerprint density at radius 2 is 1.86 bits per heavy atom. The molecule has 1 N–H and O–H groups in total. The van der Waals surface area contributed by atoms with Gasteiger partial charge >= 0.3 is 137 Å². The van der Waals surface area contributed by atoms with E-state index >= 15 is 0 Å². The SMILES string of the molecule is COc1ccc(OC)c(-c2cc(=O)c3c(O)cccc3[te]2)c1. The van der Waals surface area contributed by atoms with Crippen LogP contribution in [0.3, 0.4) is 0 Å². The minimum atomic E-state index is -0.798. The molecule has 112 valence electrons. The molecule has 5 heteroatoms. The van der Waals surface area contributed by atoms with E-state index in [1.165, 1.54) is 0 Å². The van der Waals surface area contributed by atoms with Crippen molar-refractivity contribution in [2.75, 3.05) is 14.2 Å². The summed E-state index contributed by atoms with van der Waals surface area (Å²) >= 11 is -0.798. The first-order valence-electron chi connectivity index (χ1n) is 6.62. The number of aromatic hydroxyl groups is 1. The molecule has 3 aromatic rings. The van der Waals surface area contributed by atoms with E-state index in [9.17, 15) is 9.90 Å². The maximum absolute atomic E-state index is 12.4. The fourth-order valence-electron chi connectivity index (χ4n) is 2.33. The molecule has 0 saturated heterocycles. The van der Waals surface area contributed by atoms with Gasteiger partial charge in [0, 0.05) is 0 Å². The summed E-state index contributed by atoms with van der Waals surface area (Å²) < 4.78 is 12.6. The number of hydrogen-bond donors (Lipinski definition) is 1. The van der Waals surface area contributed by atoms with Gasteiger partial charge in [-0.25, -0.2) is 0 Å². The number of benzene rings is 2. The van der Waals surface area contributed by atoms with Gasteiger partial charge in [-0.05, 0) is 0 Å². The Morgan fingerprint density at radius 3 is 2.59 bits per heavy atom. The van der Waals surface area contributed by atoms with Crippen LogP contribution in [0.2, 0.25) is 0 Å². The van der Waals surface area contributed by atoms with E-state index in [2.05, 4.69) is 0 Å². The number of methoxy groups -OCH3 is 2. The third-order valence-electron chi connectivity index (χ3n) is 3.40. The van der Waals surface area contributed by atoms with Crippen LogP contribution in [0.4, 0.5) is 0 Å². The van der Waals surface area contributed by atoms with E-state index in [0.717, 1.165) is 18.3 Å². The van der Waals surface area contributed by atoms with E-state index in [-0.39, 0.29) is 11.2 Å². The van der Waals surface area contributed by atoms with Gasteiger partial charge in [0.1, 0.15) is 0 Å². The van der Waals surface area contributed by atoms with Crippen molar-refractivity contribution in [1.82, 2.24) is 0 Å².